The average Bonchev–Trinajstić information content (AvgIpc) is 3.14. The lowest BCUT2D eigenvalue weighted by atomic mass is 9.86. The maximum Gasteiger partial charge on any atom is 0.255 e. The van der Waals surface area contributed by atoms with Gasteiger partial charge in [0.1, 0.15) is 21.4 Å². The minimum atomic E-state index is -3.64. The third-order valence-electron chi connectivity index (χ3n) is 10.2. The van der Waals surface area contributed by atoms with Crippen molar-refractivity contribution in [3.63, 3.8) is 0 Å². The van der Waals surface area contributed by atoms with Gasteiger partial charge in [-0.1, -0.05) is 39.0 Å². The first-order valence-corrected chi connectivity index (χ1v) is 22.3. The second-order valence-electron chi connectivity index (χ2n) is 15.7. The third-order valence-corrected chi connectivity index (χ3v) is 12.5. The largest absolute Gasteiger partial charge is 0.496 e. The summed E-state index contributed by atoms with van der Waals surface area (Å²) in [4.78, 5) is 36.4. The average molecular weight is 813 g/mol. The van der Waals surface area contributed by atoms with Gasteiger partial charge in [-0.25, -0.2) is 26.8 Å². The van der Waals surface area contributed by atoms with Crippen molar-refractivity contribution in [2.24, 2.45) is 5.92 Å². The standard InChI is InChI=1S/C43H48N4O8S2/c1-26-8-10-30(42(49)46-36-23-32(43(2,3)4)24-37(41(36)55-6)47-56(7,50)51)22-34(26)29-11-13-35-31(21-29)25-44-40(45-35)20-28-9-12-33(39(19-28)54-5)38(48)18-27-14-16-57(52,53)17-15-27/h8-13,19,21-25,27,47H,14-18,20H2,1-7H3,(H,46,49). The van der Waals surface area contributed by atoms with Gasteiger partial charge in [0.2, 0.25) is 10.0 Å². The topological polar surface area (TPSA) is 171 Å². The number of ketones is 1. The lowest BCUT2D eigenvalue weighted by Crippen LogP contribution is -2.25. The van der Waals surface area contributed by atoms with Gasteiger partial charge in [0, 0.05) is 30.0 Å². The summed E-state index contributed by atoms with van der Waals surface area (Å²) in [7, 11) is -3.69. The summed E-state index contributed by atoms with van der Waals surface area (Å²) in [6.45, 7) is 7.95. The van der Waals surface area contributed by atoms with Gasteiger partial charge in [0.05, 0.1) is 54.4 Å². The molecule has 12 nitrogen and oxygen atoms in total. The van der Waals surface area contributed by atoms with E-state index in [0.717, 1.165) is 45.0 Å². The van der Waals surface area contributed by atoms with E-state index in [-0.39, 0.29) is 46.5 Å². The number of Topliss-reactive ketones (excluding diaryl/α,β-unsaturated/α-hetero) is 1. The summed E-state index contributed by atoms with van der Waals surface area (Å²) >= 11 is 0. The summed E-state index contributed by atoms with van der Waals surface area (Å²) < 4.78 is 61.7. The zero-order valence-electron chi connectivity index (χ0n) is 33.2. The molecule has 0 atom stereocenters. The number of hydrogen-bond acceptors (Lipinski definition) is 10. The zero-order chi connectivity index (χ0) is 41.3. The van der Waals surface area contributed by atoms with Crippen molar-refractivity contribution in [1.29, 1.82) is 0 Å². The molecule has 0 bridgehead atoms. The Hall–Kier alpha value is -5.34. The van der Waals surface area contributed by atoms with Crippen LogP contribution in [0.3, 0.4) is 0 Å². The number of ether oxygens (including phenoxy) is 2. The molecule has 0 saturated carbocycles. The van der Waals surface area contributed by atoms with E-state index >= 15 is 0 Å². The van der Waals surface area contributed by atoms with E-state index in [1.807, 2.05) is 70.2 Å². The van der Waals surface area contributed by atoms with Crippen LogP contribution < -0.4 is 19.5 Å². The summed E-state index contributed by atoms with van der Waals surface area (Å²) in [5, 5.41) is 3.76. The van der Waals surface area contributed by atoms with E-state index < -0.39 is 25.8 Å². The summed E-state index contributed by atoms with van der Waals surface area (Å²) in [6.07, 6.45) is 4.52. The number of methoxy groups -OCH3 is 2. The number of sulfone groups is 1. The molecule has 5 aromatic rings. The van der Waals surface area contributed by atoms with Crippen LogP contribution in [0.1, 0.15) is 83.3 Å². The number of benzene rings is 4. The molecule has 300 valence electrons. The summed E-state index contributed by atoms with van der Waals surface area (Å²) in [5.41, 5.74) is 6.17. The second kappa shape index (κ2) is 16.3. The molecule has 2 N–H and O–H groups in total. The minimum Gasteiger partial charge on any atom is -0.496 e. The van der Waals surface area contributed by atoms with Crippen molar-refractivity contribution < 1.29 is 35.9 Å². The number of carbonyl (C=O) groups is 2. The van der Waals surface area contributed by atoms with Crippen molar-refractivity contribution >= 4 is 53.8 Å². The lowest BCUT2D eigenvalue weighted by Gasteiger charge is -2.24. The molecule has 1 aliphatic heterocycles. The van der Waals surface area contributed by atoms with Crippen LogP contribution in [-0.4, -0.2) is 70.5 Å². The Labute approximate surface area is 334 Å². The molecule has 1 saturated heterocycles. The number of sulfonamides is 1. The van der Waals surface area contributed by atoms with Gasteiger partial charge in [-0.15, -0.1) is 0 Å². The van der Waals surface area contributed by atoms with Gasteiger partial charge in [0.15, 0.2) is 11.5 Å². The fourth-order valence-electron chi connectivity index (χ4n) is 7.02. The highest BCUT2D eigenvalue weighted by molar-refractivity contribution is 7.92. The number of nitrogens with one attached hydrogen (secondary N) is 2. The first-order chi connectivity index (χ1) is 26.8. The molecule has 0 aliphatic carbocycles. The minimum absolute atomic E-state index is 0.0408. The Bertz CT molecular complexity index is 2590. The van der Waals surface area contributed by atoms with Gasteiger partial charge < -0.3 is 14.8 Å². The smallest absolute Gasteiger partial charge is 0.255 e. The van der Waals surface area contributed by atoms with Crippen molar-refractivity contribution in [3.05, 3.63) is 107 Å². The SMILES string of the molecule is COc1cc(Cc2ncc3cc(-c4cc(C(=O)Nc5cc(C(C)(C)C)cc(NS(C)(=O)=O)c5OC)ccc4C)ccc3n2)ccc1C(=O)CC1CCS(=O)(=O)CC1. The van der Waals surface area contributed by atoms with E-state index in [0.29, 0.717) is 47.7 Å². The van der Waals surface area contributed by atoms with Gasteiger partial charge in [-0.05, 0) is 107 Å². The van der Waals surface area contributed by atoms with Crippen LogP contribution in [0.2, 0.25) is 0 Å². The van der Waals surface area contributed by atoms with E-state index in [1.54, 1.807) is 30.5 Å². The van der Waals surface area contributed by atoms with Crippen LogP contribution in [-0.2, 0) is 31.7 Å². The molecule has 0 unspecified atom stereocenters. The highest BCUT2D eigenvalue weighted by atomic mass is 32.2. The molecule has 0 spiro atoms. The summed E-state index contributed by atoms with van der Waals surface area (Å²) in [6, 6.07) is 20.2. The zero-order valence-corrected chi connectivity index (χ0v) is 34.9. The first kappa shape index (κ1) is 41.3. The molecule has 14 heteroatoms. The van der Waals surface area contributed by atoms with Crippen LogP contribution in [0.15, 0.2) is 72.9 Å². The Balaban J connectivity index is 1.20. The number of aromatic nitrogens is 2. The maximum absolute atomic E-state index is 13.8. The molecule has 57 heavy (non-hydrogen) atoms. The van der Waals surface area contributed by atoms with Crippen LogP contribution in [0.4, 0.5) is 11.4 Å². The third kappa shape index (κ3) is 9.98. The van der Waals surface area contributed by atoms with Gasteiger partial charge in [-0.3, -0.25) is 14.3 Å². The Morgan fingerprint density at radius 1 is 0.912 bits per heavy atom. The highest BCUT2D eigenvalue weighted by Gasteiger charge is 2.27. The van der Waals surface area contributed by atoms with Crippen LogP contribution in [0.25, 0.3) is 22.0 Å². The molecule has 6 rings (SSSR count). The Morgan fingerprint density at radius 2 is 1.63 bits per heavy atom. The molecule has 1 fully saturated rings. The summed E-state index contributed by atoms with van der Waals surface area (Å²) in [5.74, 6) is 1.09. The second-order valence-corrected chi connectivity index (χ2v) is 19.8. The predicted octanol–water partition coefficient (Wildman–Crippen LogP) is 7.53. The van der Waals surface area contributed by atoms with Crippen molar-refractivity contribution in [3.8, 4) is 22.6 Å². The monoisotopic (exact) mass is 812 g/mol. The van der Waals surface area contributed by atoms with Crippen molar-refractivity contribution in [1.82, 2.24) is 9.97 Å². The number of hydrogen-bond donors (Lipinski definition) is 2. The van der Waals surface area contributed by atoms with E-state index in [1.165, 1.54) is 14.2 Å². The van der Waals surface area contributed by atoms with Gasteiger partial charge >= 0.3 is 0 Å². The van der Waals surface area contributed by atoms with E-state index in [9.17, 15) is 26.4 Å². The van der Waals surface area contributed by atoms with Crippen LogP contribution >= 0.6 is 0 Å². The molecular formula is C43H48N4O8S2. The number of rotatable bonds is 12. The molecule has 0 radical (unpaired) electrons. The normalized spacial score (nSPS) is 14.6. The molecular weight excluding hydrogens is 765 g/mol. The molecule has 1 aliphatic rings. The first-order valence-electron chi connectivity index (χ1n) is 18.6. The Kier molecular flexibility index (Phi) is 11.8. The number of aryl methyl sites for hydroxylation is 1. The lowest BCUT2D eigenvalue weighted by molar-refractivity contribution is 0.0954. The number of carbonyl (C=O) groups excluding carboxylic acids is 2. The number of nitrogens with zero attached hydrogens (tertiary/aromatic N) is 2. The van der Waals surface area contributed by atoms with Crippen molar-refractivity contribution in [2.45, 2.75) is 58.8 Å². The molecule has 2 heterocycles. The quantitative estimate of drug-likeness (QED) is 0.120. The number of fused-ring (bicyclic) bond motifs is 1. The van der Waals surface area contributed by atoms with Gasteiger partial charge in [-0.2, -0.15) is 0 Å². The molecule has 1 aromatic heterocycles. The fraction of sp³-hybridized carbons (Fsp3) is 0.349. The highest BCUT2D eigenvalue weighted by Crippen LogP contribution is 2.40. The van der Waals surface area contributed by atoms with Crippen LogP contribution in [0.5, 0.6) is 11.5 Å². The predicted molar refractivity (Wildman–Crippen MR) is 224 cm³/mol. The fourth-order valence-corrected chi connectivity index (χ4v) is 9.16. The molecule has 1 amide bonds. The van der Waals surface area contributed by atoms with E-state index in [4.69, 9.17) is 14.5 Å². The number of amides is 1. The van der Waals surface area contributed by atoms with Crippen LogP contribution in [0, 0.1) is 12.8 Å². The Morgan fingerprint density at radius 3 is 2.30 bits per heavy atom. The van der Waals surface area contributed by atoms with Gasteiger partial charge in [0.25, 0.3) is 5.91 Å². The van der Waals surface area contributed by atoms with Crippen molar-refractivity contribution in [2.75, 3.05) is 42.0 Å². The van der Waals surface area contributed by atoms with E-state index in [2.05, 4.69) is 15.0 Å². The molecule has 4 aromatic carbocycles. The number of anilines is 2. The maximum atomic E-state index is 13.8.